The average molecular weight is 158 g/mol. The standard InChI is InChI=1S/C9H18O2/c1-9(11)7-5-3-2-4-6-8(9)10/h8,10-11H,2-7H2,1H3. The molecule has 1 saturated carbocycles. The first-order chi connectivity index (χ1) is 5.13. The Morgan fingerprint density at radius 1 is 1.18 bits per heavy atom. The predicted molar refractivity (Wildman–Crippen MR) is 44.3 cm³/mol. The third-order valence-corrected chi connectivity index (χ3v) is 2.63. The fraction of sp³-hybridized carbons (Fsp3) is 1.00. The molecule has 1 fully saturated rings. The molecule has 0 radical (unpaired) electrons. The Kier molecular flexibility index (Phi) is 2.90. The summed E-state index contributed by atoms with van der Waals surface area (Å²) in [6.07, 6.45) is 5.49. The van der Waals surface area contributed by atoms with Crippen molar-refractivity contribution in [3.05, 3.63) is 0 Å². The first-order valence-corrected chi connectivity index (χ1v) is 4.53. The van der Waals surface area contributed by atoms with E-state index in [1.807, 2.05) is 0 Å². The van der Waals surface area contributed by atoms with Crippen LogP contribution in [-0.4, -0.2) is 21.9 Å². The van der Waals surface area contributed by atoms with Crippen molar-refractivity contribution in [1.82, 2.24) is 0 Å². The molecule has 0 aliphatic heterocycles. The van der Waals surface area contributed by atoms with Gasteiger partial charge in [0.25, 0.3) is 0 Å². The topological polar surface area (TPSA) is 40.5 Å². The second kappa shape index (κ2) is 3.55. The molecule has 0 saturated heterocycles. The van der Waals surface area contributed by atoms with E-state index in [2.05, 4.69) is 0 Å². The second-order valence-corrected chi connectivity index (χ2v) is 3.83. The summed E-state index contributed by atoms with van der Waals surface area (Å²) < 4.78 is 0. The summed E-state index contributed by atoms with van der Waals surface area (Å²) in [6, 6.07) is 0. The molecule has 1 aliphatic rings. The summed E-state index contributed by atoms with van der Waals surface area (Å²) in [5.74, 6) is 0. The number of rotatable bonds is 0. The molecule has 1 aliphatic carbocycles. The van der Waals surface area contributed by atoms with Crippen molar-refractivity contribution in [1.29, 1.82) is 0 Å². The third-order valence-electron chi connectivity index (χ3n) is 2.63. The minimum atomic E-state index is -0.833. The Morgan fingerprint density at radius 3 is 2.55 bits per heavy atom. The van der Waals surface area contributed by atoms with Gasteiger partial charge >= 0.3 is 0 Å². The highest BCUT2D eigenvalue weighted by Gasteiger charge is 2.30. The SMILES string of the molecule is CC1(O)CCCCCCC1O. The fourth-order valence-electron chi connectivity index (χ4n) is 1.65. The first-order valence-electron chi connectivity index (χ1n) is 4.53. The highest BCUT2D eigenvalue weighted by Crippen LogP contribution is 2.25. The van der Waals surface area contributed by atoms with Gasteiger partial charge in [-0.05, 0) is 19.8 Å². The summed E-state index contributed by atoms with van der Waals surface area (Å²) in [6.45, 7) is 1.74. The highest BCUT2D eigenvalue weighted by molar-refractivity contribution is 4.82. The minimum Gasteiger partial charge on any atom is -0.390 e. The van der Waals surface area contributed by atoms with Gasteiger partial charge in [-0.2, -0.15) is 0 Å². The van der Waals surface area contributed by atoms with Crippen LogP contribution in [0.4, 0.5) is 0 Å². The molecule has 11 heavy (non-hydrogen) atoms. The third kappa shape index (κ3) is 2.46. The molecule has 1 rings (SSSR count). The lowest BCUT2D eigenvalue weighted by atomic mass is 9.86. The van der Waals surface area contributed by atoms with E-state index < -0.39 is 11.7 Å². The number of hydrogen-bond acceptors (Lipinski definition) is 2. The zero-order valence-electron chi connectivity index (χ0n) is 7.21. The second-order valence-electron chi connectivity index (χ2n) is 3.83. The lowest BCUT2D eigenvalue weighted by Crippen LogP contribution is -2.39. The molecule has 2 nitrogen and oxygen atoms in total. The normalized spacial score (nSPS) is 41.2. The van der Waals surface area contributed by atoms with E-state index in [1.54, 1.807) is 6.92 Å². The van der Waals surface area contributed by atoms with Gasteiger partial charge in [0.2, 0.25) is 0 Å². The van der Waals surface area contributed by atoms with Gasteiger partial charge in [0.1, 0.15) is 0 Å². The van der Waals surface area contributed by atoms with Crippen molar-refractivity contribution < 1.29 is 10.2 Å². The van der Waals surface area contributed by atoms with Crippen LogP contribution < -0.4 is 0 Å². The van der Waals surface area contributed by atoms with Crippen molar-refractivity contribution >= 4 is 0 Å². The van der Waals surface area contributed by atoms with Gasteiger partial charge in [0.05, 0.1) is 11.7 Å². The van der Waals surface area contributed by atoms with Crippen LogP contribution in [0.5, 0.6) is 0 Å². The largest absolute Gasteiger partial charge is 0.390 e. The van der Waals surface area contributed by atoms with Gasteiger partial charge in [-0.15, -0.1) is 0 Å². The number of aliphatic hydroxyl groups is 2. The van der Waals surface area contributed by atoms with Crippen molar-refractivity contribution in [2.45, 2.75) is 57.2 Å². The van der Waals surface area contributed by atoms with Crippen molar-refractivity contribution in [2.75, 3.05) is 0 Å². The number of aliphatic hydroxyl groups excluding tert-OH is 1. The highest BCUT2D eigenvalue weighted by atomic mass is 16.3. The molecule has 0 bridgehead atoms. The Bertz CT molecular complexity index is 121. The number of hydrogen-bond donors (Lipinski definition) is 2. The van der Waals surface area contributed by atoms with Crippen LogP contribution in [0.25, 0.3) is 0 Å². The zero-order chi connectivity index (χ0) is 8.32. The molecule has 0 amide bonds. The first kappa shape index (κ1) is 9.01. The fourth-order valence-corrected chi connectivity index (χ4v) is 1.65. The van der Waals surface area contributed by atoms with Crippen LogP contribution >= 0.6 is 0 Å². The van der Waals surface area contributed by atoms with Gasteiger partial charge in [0.15, 0.2) is 0 Å². The Morgan fingerprint density at radius 2 is 1.82 bits per heavy atom. The lowest BCUT2D eigenvalue weighted by Gasteiger charge is -2.30. The maximum Gasteiger partial charge on any atom is 0.0877 e. The van der Waals surface area contributed by atoms with Crippen LogP contribution in [0.15, 0.2) is 0 Å². The van der Waals surface area contributed by atoms with Gasteiger partial charge in [-0.3, -0.25) is 0 Å². The molecule has 0 aromatic rings. The molecule has 66 valence electrons. The van der Waals surface area contributed by atoms with Gasteiger partial charge in [0, 0.05) is 0 Å². The molecule has 2 unspecified atom stereocenters. The van der Waals surface area contributed by atoms with Crippen LogP contribution in [-0.2, 0) is 0 Å². The maximum absolute atomic E-state index is 9.70. The maximum atomic E-state index is 9.70. The van der Waals surface area contributed by atoms with Crippen LogP contribution in [0.3, 0.4) is 0 Å². The van der Waals surface area contributed by atoms with Gasteiger partial charge in [-0.25, -0.2) is 0 Å². The zero-order valence-corrected chi connectivity index (χ0v) is 7.21. The van der Waals surface area contributed by atoms with Crippen LogP contribution in [0.1, 0.15) is 45.4 Å². The summed E-state index contributed by atoms with van der Waals surface area (Å²) >= 11 is 0. The van der Waals surface area contributed by atoms with Gasteiger partial charge in [-0.1, -0.05) is 25.7 Å². The van der Waals surface area contributed by atoms with E-state index >= 15 is 0 Å². The molecular formula is C9H18O2. The molecule has 0 aromatic carbocycles. The predicted octanol–water partition coefficient (Wildman–Crippen LogP) is 1.45. The Labute approximate surface area is 68.2 Å². The van der Waals surface area contributed by atoms with E-state index in [4.69, 9.17) is 0 Å². The van der Waals surface area contributed by atoms with Crippen molar-refractivity contribution in [2.24, 2.45) is 0 Å². The Balaban J connectivity index is 2.47. The summed E-state index contributed by atoms with van der Waals surface area (Å²) in [5, 5.41) is 19.2. The Hall–Kier alpha value is -0.0800. The molecule has 0 heterocycles. The molecular weight excluding hydrogens is 140 g/mol. The van der Waals surface area contributed by atoms with E-state index in [0.29, 0.717) is 0 Å². The molecule has 2 heteroatoms. The average Bonchev–Trinajstić information content (AvgIpc) is 1.93. The summed E-state index contributed by atoms with van der Waals surface area (Å²) in [4.78, 5) is 0. The molecule has 2 N–H and O–H groups in total. The quantitative estimate of drug-likeness (QED) is 0.560. The van der Waals surface area contributed by atoms with Gasteiger partial charge < -0.3 is 10.2 Å². The minimum absolute atomic E-state index is 0.511. The van der Waals surface area contributed by atoms with Crippen molar-refractivity contribution in [3.63, 3.8) is 0 Å². The van der Waals surface area contributed by atoms with Crippen LogP contribution in [0, 0.1) is 0 Å². The molecule has 2 atom stereocenters. The van der Waals surface area contributed by atoms with E-state index in [1.165, 1.54) is 12.8 Å². The van der Waals surface area contributed by atoms with Crippen LogP contribution in [0.2, 0.25) is 0 Å². The molecule has 0 spiro atoms. The summed E-state index contributed by atoms with van der Waals surface area (Å²) in [5.41, 5.74) is -0.833. The molecule has 0 aromatic heterocycles. The lowest BCUT2D eigenvalue weighted by molar-refractivity contribution is -0.0754. The smallest absolute Gasteiger partial charge is 0.0877 e. The van der Waals surface area contributed by atoms with E-state index in [-0.39, 0.29) is 0 Å². The van der Waals surface area contributed by atoms with E-state index in [9.17, 15) is 10.2 Å². The van der Waals surface area contributed by atoms with E-state index in [0.717, 1.165) is 25.7 Å². The monoisotopic (exact) mass is 158 g/mol. The van der Waals surface area contributed by atoms with Crippen molar-refractivity contribution in [3.8, 4) is 0 Å². The summed E-state index contributed by atoms with van der Waals surface area (Å²) in [7, 11) is 0.